The van der Waals surface area contributed by atoms with Gasteiger partial charge < -0.3 is 9.72 Å². The molecule has 2 aromatic rings. The van der Waals surface area contributed by atoms with E-state index in [9.17, 15) is 0 Å². The molecule has 19 heavy (non-hydrogen) atoms. The Kier molecular flexibility index (Phi) is 5.06. The van der Waals surface area contributed by atoms with Crippen molar-refractivity contribution in [2.75, 3.05) is 20.3 Å². The monoisotopic (exact) mass is 260 g/mol. The molecule has 5 heteroatoms. The van der Waals surface area contributed by atoms with Gasteiger partial charge in [0.15, 0.2) is 0 Å². The van der Waals surface area contributed by atoms with Crippen molar-refractivity contribution in [3.05, 3.63) is 47.8 Å². The second-order valence-electron chi connectivity index (χ2n) is 4.50. The Morgan fingerprint density at radius 2 is 2.16 bits per heavy atom. The summed E-state index contributed by atoms with van der Waals surface area (Å²) in [6, 6.07) is 5.98. The number of methoxy groups -OCH3 is 1. The Balaban J connectivity index is 2.01. The van der Waals surface area contributed by atoms with Gasteiger partial charge in [0, 0.05) is 38.6 Å². The van der Waals surface area contributed by atoms with E-state index in [-0.39, 0.29) is 0 Å². The molecule has 0 aliphatic carbocycles. The predicted octanol–water partition coefficient (Wildman–Crippen LogP) is 1.76. The third-order valence-corrected chi connectivity index (χ3v) is 3.03. The molecule has 0 unspecified atom stereocenters. The Morgan fingerprint density at radius 1 is 1.26 bits per heavy atom. The number of aromatic nitrogens is 3. The summed E-state index contributed by atoms with van der Waals surface area (Å²) in [4.78, 5) is 14.1. The summed E-state index contributed by atoms with van der Waals surface area (Å²) in [5.74, 6) is 0. The van der Waals surface area contributed by atoms with Gasteiger partial charge in [-0.05, 0) is 19.1 Å². The quantitative estimate of drug-likeness (QED) is 0.824. The lowest BCUT2D eigenvalue weighted by Gasteiger charge is -2.20. The van der Waals surface area contributed by atoms with Crippen LogP contribution in [0.2, 0.25) is 0 Å². The number of H-pyrrole nitrogens is 1. The van der Waals surface area contributed by atoms with Gasteiger partial charge in [-0.2, -0.15) is 0 Å². The maximum Gasteiger partial charge on any atom is 0.0925 e. The number of hydrogen-bond donors (Lipinski definition) is 1. The Morgan fingerprint density at radius 3 is 2.79 bits per heavy atom. The average Bonchev–Trinajstić information content (AvgIpc) is 2.83. The molecule has 0 aromatic carbocycles. The first-order chi connectivity index (χ1) is 9.29. The molecule has 0 spiro atoms. The molecule has 2 rings (SSSR count). The maximum atomic E-state index is 5.17. The van der Waals surface area contributed by atoms with E-state index >= 15 is 0 Å². The van der Waals surface area contributed by atoms with Crippen LogP contribution in [0.5, 0.6) is 0 Å². The molecule has 0 aliphatic rings. The van der Waals surface area contributed by atoms with E-state index in [0.29, 0.717) is 6.61 Å². The minimum absolute atomic E-state index is 0.705. The van der Waals surface area contributed by atoms with Gasteiger partial charge in [-0.25, -0.2) is 4.98 Å². The molecule has 0 saturated heterocycles. The summed E-state index contributed by atoms with van der Waals surface area (Å²) < 4.78 is 5.17. The van der Waals surface area contributed by atoms with E-state index in [1.54, 1.807) is 13.4 Å². The summed E-state index contributed by atoms with van der Waals surface area (Å²) in [7, 11) is 1.72. The van der Waals surface area contributed by atoms with Crippen LogP contribution in [0.1, 0.15) is 17.1 Å². The van der Waals surface area contributed by atoms with Crippen LogP contribution in [0.4, 0.5) is 0 Å². The molecule has 0 atom stereocenters. The summed E-state index contributed by atoms with van der Waals surface area (Å²) in [6.07, 6.45) is 3.56. The van der Waals surface area contributed by atoms with Gasteiger partial charge in [0.1, 0.15) is 0 Å². The first-order valence-corrected chi connectivity index (χ1v) is 6.39. The number of hydrogen-bond acceptors (Lipinski definition) is 4. The number of pyridine rings is 1. The number of aryl methyl sites for hydroxylation is 1. The molecule has 0 fully saturated rings. The fourth-order valence-corrected chi connectivity index (χ4v) is 1.91. The van der Waals surface area contributed by atoms with E-state index in [1.807, 2.05) is 31.3 Å². The van der Waals surface area contributed by atoms with Crippen molar-refractivity contribution in [1.29, 1.82) is 0 Å². The van der Waals surface area contributed by atoms with Gasteiger partial charge >= 0.3 is 0 Å². The number of nitrogens with one attached hydrogen (secondary N) is 1. The van der Waals surface area contributed by atoms with Crippen molar-refractivity contribution in [3.63, 3.8) is 0 Å². The molecule has 102 valence electrons. The first-order valence-electron chi connectivity index (χ1n) is 6.39. The van der Waals surface area contributed by atoms with Gasteiger partial charge in [-0.3, -0.25) is 9.88 Å². The third-order valence-electron chi connectivity index (χ3n) is 3.03. The molecule has 2 aromatic heterocycles. The van der Waals surface area contributed by atoms with Gasteiger partial charge in [-0.1, -0.05) is 6.07 Å². The van der Waals surface area contributed by atoms with Crippen molar-refractivity contribution in [2.45, 2.75) is 20.0 Å². The maximum absolute atomic E-state index is 5.17. The van der Waals surface area contributed by atoms with E-state index < -0.39 is 0 Å². The molecule has 0 aliphatic heterocycles. The van der Waals surface area contributed by atoms with E-state index in [4.69, 9.17) is 4.74 Å². The molecule has 0 radical (unpaired) electrons. The zero-order chi connectivity index (χ0) is 13.5. The molecular weight excluding hydrogens is 240 g/mol. The van der Waals surface area contributed by atoms with Crippen molar-refractivity contribution >= 4 is 0 Å². The topological polar surface area (TPSA) is 54.0 Å². The average molecular weight is 260 g/mol. The Bertz CT molecular complexity index is 483. The lowest BCUT2D eigenvalue weighted by molar-refractivity contribution is 0.138. The number of imidazole rings is 1. The van der Waals surface area contributed by atoms with Crippen LogP contribution in [-0.4, -0.2) is 40.1 Å². The first kappa shape index (κ1) is 13.7. The van der Waals surface area contributed by atoms with Crippen LogP contribution in [0.3, 0.4) is 0 Å². The fraction of sp³-hybridized carbons (Fsp3) is 0.429. The zero-order valence-corrected chi connectivity index (χ0v) is 11.5. The van der Waals surface area contributed by atoms with E-state index in [0.717, 1.165) is 36.7 Å². The van der Waals surface area contributed by atoms with Crippen LogP contribution in [0.25, 0.3) is 0 Å². The van der Waals surface area contributed by atoms with Gasteiger partial charge in [0.05, 0.1) is 24.3 Å². The lowest BCUT2D eigenvalue weighted by Crippen LogP contribution is -2.27. The SMILES string of the molecule is COCCN(Cc1ccccn1)Cc1nc[nH]c1C. The van der Waals surface area contributed by atoms with Gasteiger partial charge in [-0.15, -0.1) is 0 Å². The zero-order valence-electron chi connectivity index (χ0n) is 11.5. The standard InChI is InChI=1S/C14H20N4O/c1-12-14(17-11-16-12)10-18(7-8-19-2)9-13-5-3-4-6-15-13/h3-6,11H,7-10H2,1-2H3,(H,16,17). The number of ether oxygens (including phenoxy) is 1. The number of aromatic amines is 1. The van der Waals surface area contributed by atoms with Crippen LogP contribution < -0.4 is 0 Å². The molecule has 1 N–H and O–H groups in total. The molecular formula is C14H20N4O. The largest absolute Gasteiger partial charge is 0.383 e. The Hall–Kier alpha value is -1.72. The highest BCUT2D eigenvalue weighted by atomic mass is 16.5. The summed E-state index contributed by atoms with van der Waals surface area (Å²) in [5.41, 5.74) is 3.25. The van der Waals surface area contributed by atoms with Crippen LogP contribution in [0.15, 0.2) is 30.7 Å². The summed E-state index contributed by atoms with van der Waals surface area (Å²) in [5, 5.41) is 0. The minimum Gasteiger partial charge on any atom is -0.383 e. The second kappa shape index (κ2) is 7.01. The molecule has 5 nitrogen and oxygen atoms in total. The van der Waals surface area contributed by atoms with Crippen LogP contribution in [-0.2, 0) is 17.8 Å². The van der Waals surface area contributed by atoms with Crippen molar-refractivity contribution < 1.29 is 4.74 Å². The van der Waals surface area contributed by atoms with E-state index in [1.165, 1.54) is 0 Å². The molecule has 0 bridgehead atoms. The van der Waals surface area contributed by atoms with Crippen LogP contribution in [0, 0.1) is 6.92 Å². The summed E-state index contributed by atoms with van der Waals surface area (Å²) >= 11 is 0. The molecule has 0 saturated carbocycles. The Labute approximate surface area is 113 Å². The van der Waals surface area contributed by atoms with Crippen molar-refractivity contribution in [2.24, 2.45) is 0 Å². The number of nitrogens with zero attached hydrogens (tertiary/aromatic N) is 3. The molecule has 0 amide bonds. The lowest BCUT2D eigenvalue weighted by atomic mass is 10.3. The highest BCUT2D eigenvalue weighted by Crippen LogP contribution is 2.09. The smallest absolute Gasteiger partial charge is 0.0925 e. The second-order valence-corrected chi connectivity index (χ2v) is 4.50. The van der Waals surface area contributed by atoms with Crippen molar-refractivity contribution in [3.8, 4) is 0 Å². The fourth-order valence-electron chi connectivity index (χ4n) is 1.91. The third kappa shape index (κ3) is 4.15. The number of rotatable bonds is 7. The van der Waals surface area contributed by atoms with Gasteiger partial charge in [0.2, 0.25) is 0 Å². The minimum atomic E-state index is 0.705. The van der Waals surface area contributed by atoms with Crippen molar-refractivity contribution in [1.82, 2.24) is 19.9 Å². The predicted molar refractivity (Wildman–Crippen MR) is 73.6 cm³/mol. The summed E-state index contributed by atoms with van der Waals surface area (Å²) in [6.45, 7) is 5.21. The van der Waals surface area contributed by atoms with Gasteiger partial charge in [0.25, 0.3) is 0 Å². The van der Waals surface area contributed by atoms with E-state index in [2.05, 4.69) is 19.9 Å². The molecule has 2 heterocycles. The normalized spacial score (nSPS) is 11.1. The highest BCUT2D eigenvalue weighted by molar-refractivity contribution is 5.09. The van der Waals surface area contributed by atoms with Crippen LogP contribution >= 0.6 is 0 Å². The highest BCUT2D eigenvalue weighted by Gasteiger charge is 2.10.